The first-order chi connectivity index (χ1) is 10.7. The average Bonchev–Trinajstić information content (AvgIpc) is 2.44. The van der Waals surface area contributed by atoms with E-state index < -0.39 is 48.8 Å². The lowest BCUT2D eigenvalue weighted by molar-refractivity contribution is -0.157. The first-order valence-corrected chi connectivity index (χ1v) is 6.41. The van der Waals surface area contributed by atoms with Gasteiger partial charge in [-0.05, 0) is 12.1 Å². The number of carbonyl (C=O) groups is 4. The Balaban J connectivity index is 2.82. The van der Waals surface area contributed by atoms with Crippen LogP contribution in [-0.4, -0.2) is 51.3 Å². The fraction of sp³-hybridized carbons (Fsp3) is 0.286. The molecule has 23 heavy (non-hydrogen) atoms. The molecule has 0 atom stereocenters. The van der Waals surface area contributed by atoms with Crippen LogP contribution in [0.25, 0.3) is 0 Å². The molecule has 1 rings (SSSR count). The molecule has 9 heteroatoms. The van der Waals surface area contributed by atoms with E-state index in [1.54, 1.807) is 30.3 Å². The molecular weight excluding hydrogens is 310 g/mol. The summed E-state index contributed by atoms with van der Waals surface area (Å²) in [5.74, 6) is -5.47. The lowest BCUT2D eigenvalue weighted by Crippen LogP contribution is -2.57. The van der Waals surface area contributed by atoms with Gasteiger partial charge in [0.25, 0.3) is 5.91 Å². The van der Waals surface area contributed by atoms with Crippen LogP contribution in [0.1, 0.15) is 12.8 Å². The molecule has 0 saturated heterocycles. The Hall–Kier alpha value is -3.10. The standard InChI is InChI=1S/C14H15NO8/c16-10(8-23-9-4-2-1-3-5-9)15-14(13(21)22,6-11(17)18)7-12(19)20/h1-5H,6-8H2,(H,15,16)(H,17,18)(H,19,20)(H,21,22). The van der Waals surface area contributed by atoms with E-state index in [-0.39, 0.29) is 0 Å². The Kier molecular flexibility index (Phi) is 6.07. The zero-order chi connectivity index (χ0) is 17.5. The van der Waals surface area contributed by atoms with Gasteiger partial charge in [0.2, 0.25) is 0 Å². The molecule has 0 radical (unpaired) electrons. The largest absolute Gasteiger partial charge is 0.484 e. The van der Waals surface area contributed by atoms with Crippen molar-refractivity contribution in [2.24, 2.45) is 0 Å². The minimum absolute atomic E-state index is 0.347. The van der Waals surface area contributed by atoms with E-state index in [4.69, 9.17) is 14.9 Å². The Morgan fingerprint density at radius 3 is 1.91 bits per heavy atom. The number of benzene rings is 1. The molecule has 124 valence electrons. The van der Waals surface area contributed by atoms with E-state index in [9.17, 15) is 24.3 Å². The van der Waals surface area contributed by atoms with E-state index in [1.165, 1.54) is 0 Å². The lowest BCUT2D eigenvalue weighted by Gasteiger charge is -2.27. The minimum Gasteiger partial charge on any atom is -0.484 e. The van der Waals surface area contributed by atoms with Gasteiger partial charge < -0.3 is 25.4 Å². The van der Waals surface area contributed by atoms with E-state index in [0.717, 1.165) is 0 Å². The predicted octanol–water partition coefficient (Wildman–Crippen LogP) is -0.0456. The van der Waals surface area contributed by atoms with Gasteiger partial charge in [0.1, 0.15) is 5.75 Å². The molecule has 1 aromatic rings. The highest BCUT2D eigenvalue weighted by Crippen LogP contribution is 2.17. The van der Waals surface area contributed by atoms with Gasteiger partial charge in [-0.3, -0.25) is 14.4 Å². The number of carboxylic acid groups (broad SMARTS) is 3. The maximum atomic E-state index is 11.8. The van der Waals surface area contributed by atoms with Crippen LogP contribution in [0.3, 0.4) is 0 Å². The monoisotopic (exact) mass is 325 g/mol. The number of hydrogen-bond donors (Lipinski definition) is 4. The topological polar surface area (TPSA) is 150 Å². The Labute approximate surface area is 130 Å². The summed E-state index contributed by atoms with van der Waals surface area (Å²) in [7, 11) is 0. The number of amides is 1. The number of carbonyl (C=O) groups excluding carboxylic acids is 1. The van der Waals surface area contributed by atoms with Crippen molar-refractivity contribution in [3.05, 3.63) is 30.3 Å². The number of ether oxygens (including phenoxy) is 1. The SMILES string of the molecule is O=C(O)CC(CC(=O)O)(NC(=O)COc1ccccc1)C(=O)O. The summed E-state index contributed by atoms with van der Waals surface area (Å²) < 4.78 is 5.10. The highest BCUT2D eigenvalue weighted by atomic mass is 16.5. The van der Waals surface area contributed by atoms with Gasteiger partial charge in [-0.15, -0.1) is 0 Å². The lowest BCUT2D eigenvalue weighted by atomic mass is 9.91. The molecule has 0 fully saturated rings. The molecule has 0 heterocycles. The minimum atomic E-state index is -2.45. The quantitative estimate of drug-likeness (QED) is 0.493. The van der Waals surface area contributed by atoms with E-state index in [2.05, 4.69) is 0 Å². The third-order valence-electron chi connectivity index (χ3n) is 2.81. The summed E-state index contributed by atoms with van der Waals surface area (Å²) in [4.78, 5) is 44.8. The summed E-state index contributed by atoms with van der Waals surface area (Å²) >= 11 is 0. The van der Waals surface area contributed by atoms with Crippen LogP contribution in [0.2, 0.25) is 0 Å². The molecular formula is C14H15NO8. The molecule has 0 aromatic heterocycles. The second kappa shape index (κ2) is 7.78. The Bertz CT molecular complexity index is 582. The van der Waals surface area contributed by atoms with E-state index in [0.29, 0.717) is 5.75 Å². The Morgan fingerprint density at radius 2 is 1.48 bits per heavy atom. The third-order valence-corrected chi connectivity index (χ3v) is 2.81. The summed E-state index contributed by atoms with van der Waals surface area (Å²) in [6.07, 6.45) is -2.16. The molecule has 1 amide bonds. The first-order valence-electron chi connectivity index (χ1n) is 6.41. The number of carboxylic acids is 3. The highest BCUT2D eigenvalue weighted by Gasteiger charge is 2.44. The number of para-hydroxylation sites is 1. The van der Waals surface area contributed by atoms with Gasteiger partial charge in [0.05, 0.1) is 12.8 Å². The van der Waals surface area contributed by atoms with Crippen molar-refractivity contribution in [3.8, 4) is 5.75 Å². The second-order valence-electron chi connectivity index (χ2n) is 4.68. The van der Waals surface area contributed by atoms with E-state index >= 15 is 0 Å². The van der Waals surface area contributed by atoms with E-state index in [1.807, 2.05) is 5.32 Å². The maximum absolute atomic E-state index is 11.8. The van der Waals surface area contributed by atoms with Crippen molar-refractivity contribution < 1.29 is 39.2 Å². The zero-order valence-electron chi connectivity index (χ0n) is 11.9. The van der Waals surface area contributed by atoms with Gasteiger partial charge >= 0.3 is 17.9 Å². The van der Waals surface area contributed by atoms with Crippen LogP contribution in [0, 0.1) is 0 Å². The van der Waals surface area contributed by atoms with Crippen LogP contribution in [0.15, 0.2) is 30.3 Å². The van der Waals surface area contributed by atoms with Crippen molar-refractivity contribution >= 4 is 23.8 Å². The van der Waals surface area contributed by atoms with Gasteiger partial charge in [0, 0.05) is 0 Å². The summed E-state index contributed by atoms with van der Waals surface area (Å²) in [6.45, 7) is -0.585. The van der Waals surface area contributed by atoms with Gasteiger partial charge in [-0.25, -0.2) is 4.79 Å². The van der Waals surface area contributed by atoms with Crippen LogP contribution in [-0.2, 0) is 19.2 Å². The fourth-order valence-corrected chi connectivity index (χ4v) is 1.84. The average molecular weight is 325 g/mol. The van der Waals surface area contributed by atoms with Gasteiger partial charge in [-0.2, -0.15) is 0 Å². The summed E-state index contributed by atoms with van der Waals surface area (Å²) in [6, 6.07) is 8.16. The fourth-order valence-electron chi connectivity index (χ4n) is 1.84. The highest BCUT2D eigenvalue weighted by molar-refractivity contribution is 5.94. The van der Waals surface area contributed by atoms with Crippen LogP contribution >= 0.6 is 0 Å². The van der Waals surface area contributed by atoms with Crippen LogP contribution in [0.5, 0.6) is 5.75 Å². The van der Waals surface area contributed by atoms with Crippen molar-refractivity contribution in [2.75, 3.05) is 6.61 Å². The summed E-state index contributed by atoms with van der Waals surface area (Å²) in [5, 5.41) is 28.7. The number of aliphatic carboxylic acids is 3. The number of hydrogen-bond acceptors (Lipinski definition) is 5. The smallest absolute Gasteiger partial charge is 0.330 e. The van der Waals surface area contributed by atoms with Crippen LogP contribution < -0.4 is 10.1 Å². The predicted molar refractivity (Wildman–Crippen MR) is 75.0 cm³/mol. The molecule has 0 spiro atoms. The van der Waals surface area contributed by atoms with Crippen LogP contribution in [0.4, 0.5) is 0 Å². The van der Waals surface area contributed by atoms with Crippen molar-refractivity contribution in [1.82, 2.24) is 5.32 Å². The summed E-state index contributed by atoms with van der Waals surface area (Å²) in [5.41, 5.74) is -2.45. The van der Waals surface area contributed by atoms with Crippen molar-refractivity contribution in [1.29, 1.82) is 0 Å². The molecule has 0 aliphatic carbocycles. The molecule has 0 bridgehead atoms. The molecule has 0 aliphatic heterocycles. The third kappa shape index (κ3) is 5.65. The number of nitrogens with one attached hydrogen (secondary N) is 1. The normalized spacial score (nSPS) is 10.6. The Morgan fingerprint density at radius 1 is 0.957 bits per heavy atom. The molecule has 0 aliphatic rings. The molecule has 4 N–H and O–H groups in total. The maximum Gasteiger partial charge on any atom is 0.330 e. The molecule has 9 nitrogen and oxygen atoms in total. The van der Waals surface area contributed by atoms with Crippen molar-refractivity contribution in [3.63, 3.8) is 0 Å². The first kappa shape index (κ1) is 18.0. The second-order valence-corrected chi connectivity index (χ2v) is 4.68. The molecule has 0 unspecified atom stereocenters. The van der Waals surface area contributed by atoms with Gasteiger partial charge in [-0.1, -0.05) is 18.2 Å². The number of rotatable bonds is 9. The zero-order valence-corrected chi connectivity index (χ0v) is 11.9. The van der Waals surface area contributed by atoms with Crippen molar-refractivity contribution in [2.45, 2.75) is 18.4 Å². The molecule has 1 aromatic carbocycles. The molecule has 0 saturated carbocycles. The van der Waals surface area contributed by atoms with Gasteiger partial charge in [0.15, 0.2) is 12.1 Å².